The molecule has 0 N–H and O–H groups in total. The highest BCUT2D eigenvalue weighted by Gasteiger charge is 2.20. The molecule has 0 aliphatic rings. The second-order valence-corrected chi connectivity index (χ2v) is 15.2. The lowest BCUT2D eigenvalue weighted by atomic mass is 10.0. The van der Waals surface area contributed by atoms with Crippen LogP contribution in [0, 0.1) is 0 Å². The van der Waals surface area contributed by atoms with E-state index in [2.05, 4.69) is 179 Å². The van der Waals surface area contributed by atoms with E-state index in [0.717, 1.165) is 72.5 Å². The third-order valence-electron chi connectivity index (χ3n) is 11.6. The Balaban J connectivity index is 0.971. The van der Waals surface area contributed by atoms with Gasteiger partial charge in [-0.1, -0.05) is 115 Å². The number of hydrogen-bond acceptors (Lipinski definition) is 4. The highest BCUT2D eigenvalue weighted by Crippen LogP contribution is 2.42. The predicted molar refractivity (Wildman–Crippen MR) is 247 cm³/mol. The van der Waals surface area contributed by atoms with Crippen LogP contribution in [-0.2, 0) is 0 Å². The molecule has 3 heterocycles. The summed E-state index contributed by atoms with van der Waals surface area (Å²) in [4.78, 5) is 7.32. The Hall–Kier alpha value is -8.15. The van der Waals surface area contributed by atoms with Crippen LogP contribution in [0.25, 0.3) is 94.2 Å². The lowest BCUT2D eigenvalue weighted by molar-refractivity contribution is 0.619. The van der Waals surface area contributed by atoms with Gasteiger partial charge in [0.2, 0.25) is 5.89 Å². The van der Waals surface area contributed by atoms with E-state index in [-0.39, 0.29) is 0 Å². The van der Waals surface area contributed by atoms with Gasteiger partial charge in [0.05, 0.1) is 16.4 Å². The van der Waals surface area contributed by atoms with Gasteiger partial charge in [-0.2, -0.15) is 0 Å². The van der Waals surface area contributed by atoms with Crippen LogP contribution >= 0.6 is 0 Å². The minimum absolute atomic E-state index is 0.597. The summed E-state index contributed by atoms with van der Waals surface area (Å²) in [6.07, 6.45) is 0. The van der Waals surface area contributed by atoms with Gasteiger partial charge in [0.25, 0.3) is 0 Å². The van der Waals surface area contributed by atoms with Crippen LogP contribution < -0.4 is 4.90 Å². The molecule has 9 aromatic carbocycles. The number of fused-ring (bicyclic) bond motifs is 8. The van der Waals surface area contributed by atoms with Crippen molar-refractivity contribution >= 4 is 71.9 Å². The molecule has 0 aliphatic heterocycles. The smallest absolute Gasteiger partial charge is 0.227 e. The zero-order chi connectivity index (χ0) is 39.6. The molecule has 12 aromatic rings. The first-order valence-corrected chi connectivity index (χ1v) is 20.2. The molecule has 0 unspecified atom stereocenters. The van der Waals surface area contributed by atoms with Crippen molar-refractivity contribution in [2.24, 2.45) is 0 Å². The first kappa shape index (κ1) is 33.9. The molecule has 0 spiro atoms. The maximum Gasteiger partial charge on any atom is 0.227 e. The Morgan fingerprint density at radius 3 is 1.65 bits per heavy atom. The quantitative estimate of drug-likeness (QED) is 0.162. The van der Waals surface area contributed by atoms with Gasteiger partial charge in [-0.05, 0) is 119 Å². The molecule has 0 aliphatic carbocycles. The van der Waals surface area contributed by atoms with E-state index >= 15 is 0 Å². The molecule has 5 nitrogen and oxygen atoms in total. The summed E-state index contributed by atoms with van der Waals surface area (Å²) in [6, 6.07) is 74.7. The Labute approximate surface area is 345 Å². The first-order chi connectivity index (χ1) is 29.7. The molecule has 0 bridgehead atoms. The number of aromatic nitrogens is 2. The van der Waals surface area contributed by atoms with Crippen molar-refractivity contribution in [3.05, 3.63) is 212 Å². The van der Waals surface area contributed by atoms with Gasteiger partial charge < -0.3 is 18.3 Å². The molecule has 12 rings (SSSR count). The van der Waals surface area contributed by atoms with Crippen LogP contribution in [0.5, 0.6) is 0 Å². The maximum atomic E-state index is 6.35. The van der Waals surface area contributed by atoms with Crippen molar-refractivity contribution in [2.45, 2.75) is 0 Å². The third kappa shape index (κ3) is 5.59. The molecule has 0 atom stereocenters. The summed E-state index contributed by atoms with van der Waals surface area (Å²) in [5.41, 5.74) is 15.4. The summed E-state index contributed by atoms with van der Waals surface area (Å²) in [6.45, 7) is 0. The zero-order valence-electron chi connectivity index (χ0n) is 32.4. The van der Waals surface area contributed by atoms with Crippen LogP contribution in [-0.4, -0.2) is 9.55 Å². The van der Waals surface area contributed by atoms with Crippen molar-refractivity contribution in [1.29, 1.82) is 0 Å². The zero-order valence-corrected chi connectivity index (χ0v) is 32.4. The average molecular weight is 770 g/mol. The molecule has 0 amide bonds. The van der Waals surface area contributed by atoms with Crippen LogP contribution in [0.15, 0.2) is 221 Å². The van der Waals surface area contributed by atoms with Crippen molar-refractivity contribution in [2.75, 3.05) is 4.90 Å². The predicted octanol–water partition coefficient (Wildman–Crippen LogP) is 15.3. The van der Waals surface area contributed by atoms with Gasteiger partial charge in [-0.25, -0.2) is 4.98 Å². The molecule has 0 fully saturated rings. The average Bonchev–Trinajstić information content (AvgIpc) is 4.02. The Kier molecular flexibility index (Phi) is 7.78. The second-order valence-electron chi connectivity index (χ2n) is 15.2. The van der Waals surface area contributed by atoms with Gasteiger partial charge in [0.15, 0.2) is 5.58 Å². The number of oxazole rings is 1. The van der Waals surface area contributed by atoms with Gasteiger partial charge in [0.1, 0.15) is 16.7 Å². The maximum absolute atomic E-state index is 6.35. The summed E-state index contributed by atoms with van der Waals surface area (Å²) in [7, 11) is 0. The number of rotatable bonds is 7. The fraction of sp³-hybridized carbons (Fsp3) is 0. The molecular weight excluding hydrogens is 735 g/mol. The van der Waals surface area contributed by atoms with Gasteiger partial charge >= 0.3 is 0 Å². The van der Waals surface area contributed by atoms with Crippen LogP contribution in [0.1, 0.15) is 0 Å². The second kappa shape index (κ2) is 13.8. The number of nitrogens with zero attached hydrogens (tertiary/aromatic N) is 3. The molecule has 0 radical (unpaired) electrons. The lowest BCUT2D eigenvalue weighted by Gasteiger charge is -2.26. The summed E-state index contributed by atoms with van der Waals surface area (Å²) in [5, 5.41) is 4.38. The van der Waals surface area contributed by atoms with Gasteiger partial charge in [0, 0.05) is 44.5 Å². The number of furan rings is 1. The molecular formula is C55H35N3O2. The van der Waals surface area contributed by atoms with E-state index in [0.29, 0.717) is 5.89 Å². The topological polar surface area (TPSA) is 47.3 Å². The van der Waals surface area contributed by atoms with E-state index < -0.39 is 0 Å². The molecule has 60 heavy (non-hydrogen) atoms. The molecule has 282 valence electrons. The summed E-state index contributed by atoms with van der Waals surface area (Å²) in [5.74, 6) is 0.597. The summed E-state index contributed by atoms with van der Waals surface area (Å²) < 4.78 is 14.9. The molecule has 5 heteroatoms. The highest BCUT2D eigenvalue weighted by molar-refractivity contribution is 6.17. The Bertz CT molecular complexity index is 3510. The van der Waals surface area contributed by atoms with Crippen LogP contribution in [0.4, 0.5) is 17.1 Å². The molecule has 3 aromatic heterocycles. The number of anilines is 3. The SMILES string of the molecule is c1ccc(-c2ccc(N(c3ccc(-c4ccc5oc6ccc7oc(-c8ccccc8)nc7c6c5c4)cc3)c3ccc4c(c3)c3ccccc3n4-c3ccccc3)cc2)cc1. The Morgan fingerprint density at radius 1 is 0.367 bits per heavy atom. The largest absolute Gasteiger partial charge is 0.456 e. The fourth-order valence-electron chi connectivity index (χ4n) is 8.78. The highest BCUT2D eigenvalue weighted by atomic mass is 16.4. The van der Waals surface area contributed by atoms with Crippen LogP contribution in [0.3, 0.4) is 0 Å². The van der Waals surface area contributed by atoms with Gasteiger partial charge in [-0.3, -0.25) is 0 Å². The van der Waals surface area contributed by atoms with Crippen molar-refractivity contribution in [3.8, 4) is 39.4 Å². The normalized spacial score (nSPS) is 11.7. The van der Waals surface area contributed by atoms with Crippen molar-refractivity contribution in [3.63, 3.8) is 0 Å². The Morgan fingerprint density at radius 2 is 0.917 bits per heavy atom. The van der Waals surface area contributed by atoms with Gasteiger partial charge in [-0.15, -0.1) is 0 Å². The minimum atomic E-state index is 0.597. The number of benzene rings is 9. The van der Waals surface area contributed by atoms with Crippen molar-refractivity contribution < 1.29 is 8.83 Å². The van der Waals surface area contributed by atoms with E-state index in [9.17, 15) is 0 Å². The fourth-order valence-corrected chi connectivity index (χ4v) is 8.78. The number of para-hydroxylation sites is 2. The van der Waals surface area contributed by atoms with Crippen molar-refractivity contribution in [1.82, 2.24) is 9.55 Å². The lowest BCUT2D eigenvalue weighted by Crippen LogP contribution is -2.10. The summed E-state index contributed by atoms with van der Waals surface area (Å²) >= 11 is 0. The van der Waals surface area contributed by atoms with E-state index in [1.54, 1.807) is 0 Å². The number of hydrogen-bond donors (Lipinski definition) is 0. The van der Waals surface area contributed by atoms with E-state index in [1.165, 1.54) is 32.9 Å². The molecule has 0 saturated carbocycles. The van der Waals surface area contributed by atoms with E-state index in [1.807, 2.05) is 42.5 Å². The molecule has 0 saturated heterocycles. The standard InChI is InChI=1S/C55H35N3O2/c1-4-12-36(13-5-1)37-20-25-42(26-21-37)57(44-29-30-49-46(35-44)45-18-10-11-19-48(45)58(49)41-16-8-3-9-17-41)43-27-22-38(23-28-43)40-24-31-50-47(34-40)53-51(59-50)32-33-52-54(53)56-55(60-52)39-14-6-2-7-15-39/h1-35H. The monoisotopic (exact) mass is 769 g/mol. The first-order valence-electron chi connectivity index (χ1n) is 20.2. The van der Waals surface area contributed by atoms with E-state index in [4.69, 9.17) is 13.8 Å². The van der Waals surface area contributed by atoms with Crippen LogP contribution in [0.2, 0.25) is 0 Å². The minimum Gasteiger partial charge on any atom is -0.456 e. The third-order valence-corrected chi connectivity index (χ3v) is 11.6.